The highest BCUT2D eigenvalue weighted by Crippen LogP contribution is 2.60. The molecule has 1 N–H and O–H groups in total. The number of carbonyl (C=O) groups excluding carboxylic acids is 1. The summed E-state index contributed by atoms with van der Waals surface area (Å²) in [6.07, 6.45) is 9.98. The zero-order valence-electron chi connectivity index (χ0n) is 16.9. The molecule has 152 valence electrons. The van der Waals surface area contributed by atoms with Gasteiger partial charge in [-0.1, -0.05) is 12.1 Å². The van der Waals surface area contributed by atoms with Gasteiger partial charge in [-0.15, -0.1) is 5.10 Å². The highest BCUT2D eigenvalue weighted by atomic mass is 16.1. The molecule has 0 spiro atoms. The van der Waals surface area contributed by atoms with E-state index in [1.807, 2.05) is 12.1 Å². The molecule has 1 aromatic heterocycles. The summed E-state index contributed by atoms with van der Waals surface area (Å²) in [7, 11) is 0. The first kappa shape index (κ1) is 17.8. The van der Waals surface area contributed by atoms with E-state index in [0.717, 1.165) is 29.1 Å². The van der Waals surface area contributed by atoms with Crippen LogP contribution in [0, 0.1) is 17.8 Å². The normalized spacial score (nSPS) is 29.1. The van der Waals surface area contributed by atoms with Gasteiger partial charge in [0.05, 0.1) is 5.69 Å². The van der Waals surface area contributed by atoms with Gasteiger partial charge in [0.2, 0.25) is 0 Å². The van der Waals surface area contributed by atoms with Crippen molar-refractivity contribution in [2.75, 3.05) is 5.32 Å². The van der Waals surface area contributed by atoms with Crippen LogP contribution in [-0.4, -0.2) is 26.1 Å². The molecular weight excluding hydrogens is 374 g/mol. The van der Waals surface area contributed by atoms with Gasteiger partial charge in [0, 0.05) is 11.3 Å². The van der Waals surface area contributed by atoms with Crippen LogP contribution in [0.15, 0.2) is 54.9 Å². The van der Waals surface area contributed by atoms with Gasteiger partial charge in [-0.25, -0.2) is 4.68 Å². The zero-order valence-corrected chi connectivity index (χ0v) is 16.9. The fourth-order valence-electron chi connectivity index (χ4n) is 6.62. The maximum Gasteiger partial charge on any atom is 0.255 e. The van der Waals surface area contributed by atoms with Crippen LogP contribution in [0.2, 0.25) is 0 Å². The highest BCUT2D eigenvalue weighted by Gasteiger charge is 2.51. The van der Waals surface area contributed by atoms with Gasteiger partial charge in [0.15, 0.2) is 0 Å². The summed E-state index contributed by atoms with van der Waals surface area (Å²) in [5, 5.41) is 14.1. The Hall–Kier alpha value is -3.02. The molecule has 4 fully saturated rings. The zero-order chi connectivity index (χ0) is 20.1. The molecule has 4 aliphatic carbocycles. The molecule has 4 aliphatic rings. The quantitative estimate of drug-likeness (QED) is 0.706. The van der Waals surface area contributed by atoms with Crippen LogP contribution in [0.3, 0.4) is 0 Å². The maximum atomic E-state index is 12.7. The third kappa shape index (κ3) is 3.02. The number of carbonyl (C=O) groups is 1. The Kier molecular flexibility index (Phi) is 4.01. The van der Waals surface area contributed by atoms with Crippen LogP contribution in [0.4, 0.5) is 5.69 Å². The number of nitrogens with zero attached hydrogens (tertiary/aromatic N) is 4. The Morgan fingerprint density at radius 1 is 0.900 bits per heavy atom. The minimum Gasteiger partial charge on any atom is -0.322 e. The summed E-state index contributed by atoms with van der Waals surface area (Å²) < 4.78 is 1.56. The Morgan fingerprint density at radius 3 is 2.10 bits per heavy atom. The van der Waals surface area contributed by atoms with E-state index in [0.29, 0.717) is 11.0 Å². The number of aromatic nitrogens is 4. The van der Waals surface area contributed by atoms with E-state index >= 15 is 0 Å². The van der Waals surface area contributed by atoms with Crippen LogP contribution >= 0.6 is 0 Å². The van der Waals surface area contributed by atoms with Crippen molar-refractivity contribution in [2.24, 2.45) is 17.8 Å². The number of amides is 1. The smallest absolute Gasteiger partial charge is 0.255 e. The highest BCUT2D eigenvalue weighted by molar-refractivity contribution is 6.04. The lowest BCUT2D eigenvalue weighted by molar-refractivity contribution is -0.00518. The standard InChI is InChI=1S/C24H25N5O/c30-23(19-1-7-22(8-2-19)29-15-25-27-28-29)26-21-5-3-20(4-6-21)24-12-16-9-17(13-24)11-18(10-16)14-24/h1-8,15-18H,9-14H2,(H,26,30). The molecule has 2 aromatic carbocycles. The van der Waals surface area contributed by atoms with Crippen LogP contribution in [0.1, 0.15) is 54.4 Å². The average molecular weight is 399 g/mol. The Balaban J connectivity index is 1.16. The molecule has 6 heteroatoms. The van der Waals surface area contributed by atoms with Gasteiger partial charge >= 0.3 is 0 Å². The van der Waals surface area contributed by atoms with Crippen molar-refractivity contribution < 1.29 is 4.79 Å². The average Bonchev–Trinajstić information content (AvgIpc) is 3.28. The van der Waals surface area contributed by atoms with Crippen molar-refractivity contribution in [3.63, 3.8) is 0 Å². The molecule has 4 bridgehead atoms. The van der Waals surface area contributed by atoms with E-state index in [4.69, 9.17) is 0 Å². The van der Waals surface area contributed by atoms with Crippen molar-refractivity contribution in [3.05, 3.63) is 66.0 Å². The predicted molar refractivity (Wildman–Crippen MR) is 113 cm³/mol. The van der Waals surface area contributed by atoms with Crippen LogP contribution in [-0.2, 0) is 5.41 Å². The van der Waals surface area contributed by atoms with E-state index in [9.17, 15) is 4.79 Å². The first-order valence-corrected chi connectivity index (χ1v) is 10.9. The molecule has 7 rings (SSSR count). The number of tetrazole rings is 1. The van der Waals surface area contributed by atoms with Gasteiger partial charge in [0.1, 0.15) is 6.33 Å². The molecule has 3 aromatic rings. The first-order valence-electron chi connectivity index (χ1n) is 10.9. The minimum atomic E-state index is -0.110. The molecule has 1 amide bonds. The lowest BCUT2D eigenvalue weighted by Gasteiger charge is -2.57. The molecule has 1 heterocycles. The summed E-state index contributed by atoms with van der Waals surface area (Å²) in [4.78, 5) is 12.7. The molecular formula is C24H25N5O. The number of hydrogen-bond donors (Lipinski definition) is 1. The van der Waals surface area contributed by atoms with E-state index in [-0.39, 0.29) is 5.91 Å². The van der Waals surface area contributed by atoms with Gasteiger partial charge in [-0.05, 0) is 114 Å². The predicted octanol–water partition coefficient (Wildman–Crippen LogP) is 4.38. The summed E-state index contributed by atoms with van der Waals surface area (Å²) in [6.45, 7) is 0. The van der Waals surface area contributed by atoms with Crippen molar-refractivity contribution in [3.8, 4) is 5.69 Å². The molecule has 0 aliphatic heterocycles. The summed E-state index contributed by atoms with van der Waals surface area (Å²) >= 11 is 0. The summed E-state index contributed by atoms with van der Waals surface area (Å²) in [5.74, 6) is 2.70. The SMILES string of the molecule is O=C(Nc1ccc(C23CC4CC(CC(C4)C2)C3)cc1)c1ccc(-n2cnnn2)cc1. The van der Waals surface area contributed by atoms with Gasteiger partial charge in [-0.2, -0.15) is 0 Å². The van der Waals surface area contributed by atoms with E-state index in [2.05, 4.69) is 45.1 Å². The van der Waals surface area contributed by atoms with Crippen molar-refractivity contribution in [1.82, 2.24) is 20.2 Å². The van der Waals surface area contributed by atoms with Crippen molar-refractivity contribution in [2.45, 2.75) is 43.9 Å². The molecule has 0 unspecified atom stereocenters. The third-order valence-corrected chi connectivity index (χ3v) is 7.54. The lowest BCUT2D eigenvalue weighted by Crippen LogP contribution is -2.48. The summed E-state index contributed by atoms with van der Waals surface area (Å²) in [5.41, 5.74) is 4.14. The summed E-state index contributed by atoms with van der Waals surface area (Å²) in [6, 6.07) is 15.9. The van der Waals surface area contributed by atoms with E-state index in [1.165, 1.54) is 50.4 Å². The molecule has 0 saturated heterocycles. The lowest BCUT2D eigenvalue weighted by atomic mass is 9.48. The number of nitrogens with one attached hydrogen (secondary N) is 1. The van der Waals surface area contributed by atoms with Gasteiger partial charge in [0.25, 0.3) is 5.91 Å². The number of benzene rings is 2. The fourth-order valence-corrected chi connectivity index (χ4v) is 6.62. The Bertz CT molecular complexity index is 1020. The molecule has 30 heavy (non-hydrogen) atoms. The maximum absolute atomic E-state index is 12.7. The number of hydrogen-bond acceptors (Lipinski definition) is 4. The van der Waals surface area contributed by atoms with Gasteiger partial charge in [-0.3, -0.25) is 4.79 Å². The first-order chi connectivity index (χ1) is 14.7. The van der Waals surface area contributed by atoms with Crippen molar-refractivity contribution >= 4 is 11.6 Å². The van der Waals surface area contributed by atoms with Crippen LogP contribution in [0.5, 0.6) is 0 Å². The Morgan fingerprint density at radius 2 is 1.53 bits per heavy atom. The number of anilines is 1. The second kappa shape index (κ2) is 6.76. The number of rotatable bonds is 4. The molecule has 0 radical (unpaired) electrons. The van der Waals surface area contributed by atoms with E-state index in [1.54, 1.807) is 16.8 Å². The largest absolute Gasteiger partial charge is 0.322 e. The van der Waals surface area contributed by atoms with E-state index < -0.39 is 0 Å². The molecule has 4 saturated carbocycles. The van der Waals surface area contributed by atoms with Crippen LogP contribution in [0.25, 0.3) is 5.69 Å². The second-order valence-corrected chi connectivity index (χ2v) is 9.53. The van der Waals surface area contributed by atoms with Gasteiger partial charge < -0.3 is 5.32 Å². The fraction of sp³-hybridized carbons (Fsp3) is 0.417. The third-order valence-electron chi connectivity index (χ3n) is 7.54. The van der Waals surface area contributed by atoms with Crippen LogP contribution < -0.4 is 5.32 Å². The monoisotopic (exact) mass is 399 g/mol. The minimum absolute atomic E-state index is 0.110. The topological polar surface area (TPSA) is 72.7 Å². The molecule has 0 atom stereocenters. The second-order valence-electron chi connectivity index (χ2n) is 9.53. The van der Waals surface area contributed by atoms with Crippen molar-refractivity contribution in [1.29, 1.82) is 0 Å². The molecule has 6 nitrogen and oxygen atoms in total. The Labute approximate surface area is 175 Å².